The van der Waals surface area contributed by atoms with Crippen molar-refractivity contribution < 1.29 is 9.53 Å². The van der Waals surface area contributed by atoms with Crippen molar-refractivity contribution in [2.24, 2.45) is 0 Å². The van der Waals surface area contributed by atoms with Crippen LogP contribution in [-0.2, 0) is 0 Å². The van der Waals surface area contributed by atoms with E-state index in [-0.39, 0.29) is 0 Å². The smallest absolute Gasteiger partial charge is 0.243 e. The van der Waals surface area contributed by atoms with Gasteiger partial charge in [-0.05, 0) is 36.4 Å². The van der Waals surface area contributed by atoms with E-state index in [9.17, 15) is 4.79 Å². The molecule has 0 radical (unpaired) electrons. The average molecular weight is 409 g/mol. The van der Waals surface area contributed by atoms with Gasteiger partial charge in [0.1, 0.15) is 22.7 Å². The Hall–Kier alpha value is -3.29. The molecule has 0 fully saturated rings. The van der Waals surface area contributed by atoms with Gasteiger partial charge in [-0.1, -0.05) is 47.2 Å². The number of hydrogen-bond acceptors (Lipinski definition) is 7. The lowest BCUT2D eigenvalue weighted by Gasteiger charge is -2.10. The van der Waals surface area contributed by atoms with Crippen molar-refractivity contribution >= 4 is 40.0 Å². The Labute approximate surface area is 169 Å². The van der Waals surface area contributed by atoms with Crippen LogP contribution >= 0.6 is 22.9 Å². The van der Waals surface area contributed by atoms with Crippen LogP contribution in [0.3, 0.4) is 0 Å². The number of aromatic nitrogens is 3. The summed E-state index contributed by atoms with van der Waals surface area (Å²) in [6, 6.07) is 17.9. The minimum absolute atomic E-state index is 0.369. The number of ether oxygens (including phenoxy) is 1. The molecule has 4 rings (SSSR count). The highest BCUT2D eigenvalue weighted by Gasteiger charge is 2.11. The van der Waals surface area contributed by atoms with Crippen LogP contribution in [0.25, 0.3) is 10.6 Å². The molecule has 8 heteroatoms. The zero-order valence-electron chi connectivity index (χ0n) is 14.4. The molecule has 0 atom stereocenters. The molecule has 138 valence electrons. The molecule has 0 bridgehead atoms. The number of rotatable bonds is 6. The zero-order valence-corrected chi connectivity index (χ0v) is 15.9. The predicted molar refractivity (Wildman–Crippen MR) is 110 cm³/mol. The molecule has 0 saturated carbocycles. The fourth-order valence-corrected chi connectivity index (χ4v) is 3.32. The molecule has 0 amide bonds. The van der Waals surface area contributed by atoms with Crippen LogP contribution in [0.2, 0.25) is 5.02 Å². The number of aldehydes is 1. The summed E-state index contributed by atoms with van der Waals surface area (Å²) in [7, 11) is 0. The summed E-state index contributed by atoms with van der Waals surface area (Å²) in [5.74, 6) is 0.888. The van der Waals surface area contributed by atoms with Crippen LogP contribution in [0.15, 0.2) is 66.9 Å². The van der Waals surface area contributed by atoms with Gasteiger partial charge in [-0.25, -0.2) is 4.98 Å². The third kappa shape index (κ3) is 4.16. The maximum Gasteiger partial charge on any atom is 0.243 e. The molecule has 2 heterocycles. The first kappa shape index (κ1) is 18.1. The fourth-order valence-electron chi connectivity index (χ4n) is 2.43. The number of benzene rings is 2. The molecule has 28 heavy (non-hydrogen) atoms. The monoisotopic (exact) mass is 408 g/mol. The van der Waals surface area contributed by atoms with Crippen molar-refractivity contribution in [1.29, 1.82) is 0 Å². The highest BCUT2D eigenvalue weighted by Crippen LogP contribution is 2.33. The molecule has 0 unspecified atom stereocenters. The summed E-state index contributed by atoms with van der Waals surface area (Å²) in [4.78, 5) is 15.2. The second-order valence-corrected chi connectivity index (χ2v) is 7.11. The number of anilines is 2. The van der Waals surface area contributed by atoms with Gasteiger partial charge in [0.25, 0.3) is 0 Å². The molecular weight excluding hydrogens is 396 g/mol. The molecule has 0 aliphatic heterocycles. The first-order chi connectivity index (χ1) is 13.7. The lowest BCUT2D eigenvalue weighted by molar-refractivity contribution is 0.112. The van der Waals surface area contributed by atoms with Gasteiger partial charge in [-0.15, -0.1) is 10.2 Å². The number of halogens is 1. The summed E-state index contributed by atoms with van der Waals surface area (Å²) in [5.41, 5.74) is 2.10. The lowest BCUT2D eigenvalue weighted by atomic mass is 10.2. The number of pyridine rings is 1. The number of nitrogens with one attached hydrogen (secondary N) is 1. The van der Waals surface area contributed by atoms with E-state index in [0.29, 0.717) is 33.0 Å². The SMILES string of the molecule is O=Cc1cccc(Oc2ncccc2Nc2nnc(-c3ccc(Cl)cc3)s2)c1. The molecular formula is C20H13ClN4O2S. The van der Waals surface area contributed by atoms with Crippen molar-refractivity contribution in [3.8, 4) is 22.2 Å². The molecule has 1 N–H and O–H groups in total. The highest BCUT2D eigenvalue weighted by atomic mass is 35.5. The fraction of sp³-hybridized carbons (Fsp3) is 0. The average Bonchev–Trinajstić information content (AvgIpc) is 3.19. The summed E-state index contributed by atoms with van der Waals surface area (Å²) in [6.07, 6.45) is 2.40. The normalized spacial score (nSPS) is 10.5. The van der Waals surface area contributed by atoms with Crippen molar-refractivity contribution in [2.45, 2.75) is 0 Å². The second kappa shape index (κ2) is 8.16. The van der Waals surface area contributed by atoms with E-state index in [1.165, 1.54) is 11.3 Å². The van der Waals surface area contributed by atoms with E-state index < -0.39 is 0 Å². The summed E-state index contributed by atoms with van der Waals surface area (Å²) < 4.78 is 5.84. The number of carbonyl (C=O) groups is 1. The largest absolute Gasteiger partial charge is 0.437 e. The third-order valence-electron chi connectivity index (χ3n) is 3.74. The van der Waals surface area contributed by atoms with Crippen LogP contribution in [-0.4, -0.2) is 21.5 Å². The van der Waals surface area contributed by atoms with Crippen LogP contribution in [0.4, 0.5) is 10.8 Å². The highest BCUT2D eigenvalue weighted by molar-refractivity contribution is 7.18. The van der Waals surface area contributed by atoms with Gasteiger partial charge >= 0.3 is 0 Å². The number of hydrogen-bond donors (Lipinski definition) is 1. The molecule has 0 saturated heterocycles. The Bertz CT molecular complexity index is 1120. The molecule has 2 aromatic carbocycles. The molecule has 2 aromatic heterocycles. The standard InChI is InChI=1S/C20H13ClN4O2S/c21-15-8-6-14(7-9-15)19-24-25-20(28-19)23-17-5-2-10-22-18(17)27-16-4-1-3-13(11-16)12-26/h1-12H,(H,23,25). The zero-order chi connectivity index (χ0) is 19.3. The Morgan fingerprint density at radius 1 is 1.04 bits per heavy atom. The first-order valence-corrected chi connectivity index (χ1v) is 9.45. The molecule has 0 aliphatic rings. The summed E-state index contributed by atoms with van der Waals surface area (Å²) in [5, 5.41) is 13.6. The summed E-state index contributed by atoms with van der Waals surface area (Å²) >= 11 is 7.33. The molecule has 6 nitrogen and oxygen atoms in total. The van der Waals surface area contributed by atoms with Crippen LogP contribution in [0.5, 0.6) is 11.6 Å². The van der Waals surface area contributed by atoms with Gasteiger partial charge in [0.2, 0.25) is 11.0 Å². The van der Waals surface area contributed by atoms with E-state index in [2.05, 4.69) is 20.5 Å². The molecule has 0 spiro atoms. The Kier molecular flexibility index (Phi) is 5.27. The van der Waals surface area contributed by atoms with Crippen molar-refractivity contribution in [3.63, 3.8) is 0 Å². The van der Waals surface area contributed by atoms with Crippen LogP contribution < -0.4 is 10.1 Å². The van der Waals surface area contributed by atoms with Crippen molar-refractivity contribution in [2.75, 3.05) is 5.32 Å². The van der Waals surface area contributed by atoms with Crippen molar-refractivity contribution in [3.05, 3.63) is 77.4 Å². The number of carbonyl (C=O) groups excluding carboxylic acids is 1. The van der Waals surface area contributed by atoms with E-state index >= 15 is 0 Å². The van der Waals surface area contributed by atoms with Crippen molar-refractivity contribution in [1.82, 2.24) is 15.2 Å². The van der Waals surface area contributed by atoms with E-state index in [4.69, 9.17) is 16.3 Å². The maximum atomic E-state index is 11.0. The maximum absolute atomic E-state index is 11.0. The van der Waals surface area contributed by atoms with Gasteiger partial charge in [0, 0.05) is 22.3 Å². The van der Waals surface area contributed by atoms with Gasteiger partial charge < -0.3 is 10.1 Å². The Morgan fingerprint density at radius 2 is 1.89 bits per heavy atom. The van der Waals surface area contributed by atoms with Gasteiger partial charge in [0.05, 0.1) is 0 Å². The molecule has 0 aliphatic carbocycles. The van der Waals surface area contributed by atoms with E-state index in [1.54, 1.807) is 36.5 Å². The summed E-state index contributed by atoms with van der Waals surface area (Å²) in [6.45, 7) is 0. The minimum Gasteiger partial charge on any atom is -0.437 e. The van der Waals surface area contributed by atoms with Gasteiger partial charge in [0.15, 0.2) is 0 Å². The van der Waals surface area contributed by atoms with Gasteiger partial charge in [-0.2, -0.15) is 0 Å². The first-order valence-electron chi connectivity index (χ1n) is 8.26. The van der Waals surface area contributed by atoms with Crippen LogP contribution in [0, 0.1) is 0 Å². The van der Waals surface area contributed by atoms with E-state index in [1.807, 2.05) is 30.3 Å². The minimum atomic E-state index is 0.369. The second-order valence-electron chi connectivity index (χ2n) is 5.69. The lowest BCUT2D eigenvalue weighted by Crippen LogP contribution is -1.96. The predicted octanol–water partition coefficient (Wildman–Crippen LogP) is 5.60. The topological polar surface area (TPSA) is 77.0 Å². The molecule has 4 aromatic rings. The van der Waals surface area contributed by atoms with Gasteiger partial charge in [-0.3, -0.25) is 4.79 Å². The Balaban J connectivity index is 1.56. The van der Waals surface area contributed by atoms with E-state index in [0.717, 1.165) is 16.9 Å². The quantitative estimate of drug-likeness (QED) is 0.418. The van der Waals surface area contributed by atoms with Crippen LogP contribution in [0.1, 0.15) is 10.4 Å². The third-order valence-corrected chi connectivity index (χ3v) is 4.88. The number of nitrogens with zero attached hydrogens (tertiary/aromatic N) is 3. The Morgan fingerprint density at radius 3 is 2.71 bits per heavy atom.